The van der Waals surface area contributed by atoms with Gasteiger partial charge in [0.05, 0.1) is 0 Å². The third-order valence-electron chi connectivity index (χ3n) is 1.27. The third kappa shape index (κ3) is 16.2. The van der Waals surface area contributed by atoms with Crippen molar-refractivity contribution < 1.29 is 9.53 Å². The molecule has 2 N–H and O–H groups in total. The van der Waals surface area contributed by atoms with Crippen LogP contribution >= 0.6 is 0 Å². The van der Waals surface area contributed by atoms with Crippen LogP contribution in [0.3, 0.4) is 0 Å². The standard InChI is InChI=1S/C7H15NO2.C2H6/c1-10-6-4-2-3-5-7(8)9;1-2/h2-6H2,1H3,(H2,8,9);1-2H3. The molecule has 0 aromatic rings. The Hall–Kier alpha value is -0.570. The fraction of sp³-hybridized carbons (Fsp3) is 0.889. The number of carbonyl (C=O) groups is 1. The van der Waals surface area contributed by atoms with Crippen molar-refractivity contribution in [3.8, 4) is 0 Å². The minimum Gasteiger partial charge on any atom is -0.385 e. The van der Waals surface area contributed by atoms with Gasteiger partial charge in [0.25, 0.3) is 0 Å². The summed E-state index contributed by atoms with van der Waals surface area (Å²) < 4.78 is 4.83. The first-order chi connectivity index (χ1) is 5.77. The van der Waals surface area contributed by atoms with Gasteiger partial charge in [-0.05, 0) is 12.8 Å². The number of methoxy groups -OCH3 is 1. The molecule has 74 valence electrons. The van der Waals surface area contributed by atoms with E-state index in [1.165, 1.54) is 0 Å². The second kappa shape index (κ2) is 13.1. The largest absolute Gasteiger partial charge is 0.385 e. The summed E-state index contributed by atoms with van der Waals surface area (Å²) in [4.78, 5) is 10.2. The van der Waals surface area contributed by atoms with Crippen LogP contribution in [0.5, 0.6) is 0 Å². The molecule has 1 amide bonds. The zero-order chi connectivity index (χ0) is 9.82. The van der Waals surface area contributed by atoms with Crippen molar-refractivity contribution in [3.63, 3.8) is 0 Å². The number of hydrogen-bond acceptors (Lipinski definition) is 2. The van der Waals surface area contributed by atoms with E-state index in [-0.39, 0.29) is 5.91 Å². The molecule has 0 aromatic heterocycles. The van der Waals surface area contributed by atoms with Gasteiger partial charge in [-0.3, -0.25) is 4.79 Å². The zero-order valence-corrected chi connectivity index (χ0v) is 8.43. The Kier molecular flexibility index (Phi) is 15.2. The minimum absolute atomic E-state index is 0.211. The van der Waals surface area contributed by atoms with E-state index in [1.807, 2.05) is 13.8 Å². The van der Waals surface area contributed by atoms with E-state index in [1.54, 1.807) is 7.11 Å². The maximum atomic E-state index is 10.2. The molecule has 0 unspecified atom stereocenters. The van der Waals surface area contributed by atoms with E-state index in [4.69, 9.17) is 10.5 Å². The predicted octanol–water partition coefficient (Wildman–Crippen LogP) is 1.70. The highest BCUT2D eigenvalue weighted by molar-refractivity contribution is 5.73. The van der Waals surface area contributed by atoms with Crippen LogP contribution in [0.15, 0.2) is 0 Å². The molecule has 0 aliphatic carbocycles. The summed E-state index contributed by atoms with van der Waals surface area (Å²) in [6.45, 7) is 4.78. The van der Waals surface area contributed by atoms with E-state index in [0.717, 1.165) is 25.9 Å². The van der Waals surface area contributed by atoms with Gasteiger partial charge in [0.1, 0.15) is 0 Å². The molecule has 0 aliphatic rings. The average Bonchev–Trinajstić information content (AvgIpc) is 2.07. The van der Waals surface area contributed by atoms with Crippen LogP contribution in [0.25, 0.3) is 0 Å². The number of unbranched alkanes of at least 4 members (excludes halogenated alkanes) is 2. The van der Waals surface area contributed by atoms with Crippen molar-refractivity contribution in [1.29, 1.82) is 0 Å². The van der Waals surface area contributed by atoms with Gasteiger partial charge in [0, 0.05) is 20.1 Å². The Bertz CT molecular complexity index is 94.5. The molecule has 3 nitrogen and oxygen atoms in total. The molecular weight excluding hydrogens is 154 g/mol. The Balaban J connectivity index is 0. The molecule has 0 radical (unpaired) electrons. The number of nitrogens with two attached hydrogens (primary N) is 1. The first-order valence-corrected chi connectivity index (χ1v) is 4.54. The monoisotopic (exact) mass is 175 g/mol. The fourth-order valence-electron chi connectivity index (χ4n) is 0.722. The summed E-state index contributed by atoms with van der Waals surface area (Å²) in [6.07, 6.45) is 3.43. The average molecular weight is 175 g/mol. The maximum absolute atomic E-state index is 10.2. The van der Waals surface area contributed by atoms with E-state index >= 15 is 0 Å². The molecule has 0 spiro atoms. The molecule has 0 fully saturated rings. The Morgan fingerprint density at radius 1 is 1.25 bits per heavy atom. The molecule has 0 aliphatic heterocycles. The lowest BCUT2D eigenvalue weighted by molar-refractivity contribution is -0.118. The van der Waals surface area contributed by atoms with Gasteiger partial charge < -0.3 is 10.5 Å². The Morgan fingerprint density at radius 3 is 2.25 bits per heavy atom. The molecule has 0 atom stereocenters. The highest BCUT2D eigenvalue weighted by atomic mass is 16.5. The summed E-state index contributed by atoms with van der Waals surface area (Å²) in [5, 5.41) is 0. The molecule has 0 rings (SSSR count). The first-order valence-electron chi connectivity index (χ1n) is 4.54. The van der Waals surface area contributed by atoms with E-state index in [9.17, 15) is 4.79 Å². The molecular formula is C9H21NO2. The van der Waals surface area contributed by atoms with Crippen LogP contribution in [-0.2, 0) is 9.53 Å². The number of primary amides is 1. The molecule has 3 heteroatoms. The topological polar surface area (TPSA) is 52.3 Å². The molecule has 0 aromatic carbocycles. The van der Waals surface area contributed by atoms with Crippen LogP contribution in [-0.4, -0.2) is 19.6 Å². The number of ether oxygens (including phenoxy) is 1. The highest BCUT2D eigenvalue weighted by Gasteiger charge is 1.92. The second-order valence-electron chi connectivity index (χ2n) is 2.27. The van der Waals surface area contributed by atoms with E-state index in [2.05, 4.69) is 0 Å². The van der Waals surface area contributed by atoms with Crippen molar-refractivity contribution >= 4 is 5.91 Å². The maximum Gasteiger partial charge on any atom is 0.217 e. The third-order valence-corrected chi connectivity index (χ3v) is 1.27. The van der Waals surface area contributed by atoms with Crippen molar-refractivity contribution in [1.82, 2.24) is 0 Å². The number of amides is 1. The van der Waals surface area contributed by atoms with Crippen LogP contribution in [0.1, 0.15) is 39.5 Å². The van der Waals surface area contributed by atoms with Gasteiger partial charge >= 0.3 is 0 Å². The fourth-order valence-corrected chi connectivity index (χ4v) is 0.722. The van der Waals surface area contributed by atoms with Crippen molar-refractivity contribution in [2.75, 3.05) is 13.7 Å². The molecule has 0 heterocycles. The van der Waals surface area contributed by atoms with Gasteiger partial charge in [0.15, 0.2) is 0 Å². The van der Waals surface area contributed by atoms with Gasteiger partial charge in [-0.1, -0.05) is 20.3 Å². The molecule has 0 saturated heterocycles. The van der Waals surface area contributed by atoms with Gasteiger partial charge in [-0.15, -0.1) is 0 Å². The first kappa shape index (κ1) is 14.0. The minimum atomic E-state index is -0.211. The van der Waals surface area contributed by atoms with Gasteiger partial charge in [-0.2, -0.15) is 0 Å². The SMILES string of the molecule is CC.COCCCCCC(N)=O. The second-order valence-corrected chi connectivity index (χ2v) is 2.27. The summed E-state index contributed by atoms with van der Waals surface area (Å²) in [7, 11) is 1.67. The number of hydrogen-bond donors (Lipinski definition) is 1. The van der Waals surface area contributed by atoms with Crippen LogP contribution in [0.4, 0.5) is 0 Å². The lowest BCUT2D eigenvalue weighted by Gasteiger charge is -1.96. The lowest BCUT2D eigenvalue weighted by atomic mass is 10.2. The summed E-state index contributed by atoms with van der Waals surface area (Å²) in [5.41, 5.74) is 4.94. The molecule has 0 bridgehead atoms. The number of carbonyl (C=O) groups excluding carboxylic acids is 1. The zero-order valence-electron chi connectivity index (χ0n) is 8.43. The van der Waals surface area contributed by atoms with Gasteiger partial charge in [-0.25, -0.2) is 0 Å². The molecule has 12 heavy (non-hydrogen) atoms. The summed E-state index contributed by atoms with van der Waals surface area (Å²) in [5.74, 6) is -0.211. The normalized spacial score (nSPS) is 8.58. The summed E-state index contributed by atoms with van der Waals surface area (Å²) in [6, 6.07) is 0. The lowest BCUT2D eigenvalue weighted by Crippen LogP contribution is -2.09. The Morgan fingerprint density at radius 2 is 1.83 bits per heavy atom. The van der Waals surface area contributed by atoms with Crippen LogP contribution < -0.4 is 5.73 Å². The van der Waals surface area contributed by atoms with Gasteiger partial charge in [0.2, 0.25) is 5.91 Å². The predicted molar refractivity (Wildman–Crippen MR) is 50.9 cm³/mol. The highest BCUT2D eigenvalue weighted by Crippen LogP contribution is 1.98. The van der Waals surface area contributed by atoms with Crippen molar-refractivity contribution in [2.45, 2.75) is 39.5 Å². The quantitative estimate of drug-likeness (QED) is 0.625. The number of rotatable bonds is 6. The van der Waals surface area contributed by atoms with E-state index in [0.29, 0.717) is 6.42 Å². The summed E-state index contributed by atoms with van der Waals surface area (Å²) >= 11 is 0. The van der Waals surface area contributed by atoms with Crippen LogP contribution in [0, 0.1) is 0 Å². The van der Waals surface area contributed by atoms with Crippen molar-refractivity contribution in [2.24, 2.45) is 5.73 Å². The van der Waals surface area contributed by atoms with Crippen LogP contribution in [0.2, 0.25) is 0 Å². The van der Waals surface area contributed by atoms with E-state index < -0.39 is 0 Å². The Labute approximate surface area is 75.3 Å². The molecule has 0 saturated carbocycles. The van der Waals surface area contributed by atoms with Crippen molar-refractivity contribution in [3.05, 3.63) is 0 Å². The smallest absolute Gasteiger partial charge is 0.217 e.